The molecule has 24 heavy (non-hydrogen) atoms. The molecule has 0 aromatic heterocycles. The monoisotopic (exact) mass is 331 g/mol. The van der Waals surface area contributed by atoms with Crippen molar-refractivity contribution in [2.45, 2.75) is 74.6 Å². The third-order valence-corrected chi connectivity index (χ3v) is 7.33. The first-order chi connectivity index (χ1) is 11.4. The molecule has 0 radical (unpaired) electrons. The summed E-state index contributed by atoms with van der Waals surface area (Å²) in [6.07, 6.45) is 7.51. The summed E-state index contributed by atoms with van der Waals surface area (Å²) in [6, 6.07) is 2.54. The molecule has 4 bridgehead atoms. The smallest absolute Gasteiger partial charge is 0.319 e. The second-order valence-electron chi connectivity index (χ2n) is 9.18. The van der Waals surface area contributed by atoms with Crippen molar-refractivity contribution in [3.8, 4) is 6.07 Å². The van der Waals surface area contributed by atoms with Gasteiger partial charge in [-0.2, -0.15) is 5.26 Å². The topological polar surface area (TPSA) is 87.8 Å². The van der Waals surface area contributed by atoms with Crippen molar-refractivity contribution in [2.24, 2.45) is 17.8 Å². The van der Waals surface area contributed by atoms with Gasteiger partial charge in [-0.05, 0) is 69.1 Å². The molecule has 5 aliphatic carbocycles. The fourth-order valence-corrected chi connectivity index (χ4v) is 6.98. The number of rotatable bonds is 4. The number of piperidine rings is 1. The van der Waals surface area contributed by atoms with Crippen molar-refractivity contribution in [1.82, 2.24) is 10.0 Å². The van der Waals surface area contributed by atoms with Gasteiger partial charge in [-0.1, -0.05) is 0 Å². The van der Waals surface area contributed by atoms with Crippen LogP contribution in [-0.4, -0.2) is 56.0 Å². The molecule has 5 saturated carbocycles. The summed E-state index contributed by atoms with van der Waals surface area (Å²) < 4.78 is 0. The lowest BCUT2D eigenvalue weighted by Crippen LogP contribution is -2.70. The fourth-order valence-electron chi connectivity index (χ4n) is 6.98. The van der Waals surface area contributed by atoms with E-state index in [9.17, 15) is 20.3 Å². The van der Waals surface area contributed by atoms with Crippen molar-refractivity contribution < 1.29 is 15.0 Å². The van der Waals surface area contributed by atoms with Gasteiger partial charge in [-0.15, -0.1) is 0 Å². The molecule has 0 amide bonds. The maximum Gasteiger partial charge on any atom is 0.319 e. The number of hydrogen-bond acceptors (Lipinski definition) is 5. The summed E-state index contributed by atoms with van der Waals surface area (Å²) in [6.45, 7) is -0.0447. The van der Waals surface area contributed by atoms with Gasteiger partial charge < -0.3 is 10.2 Å². The lowest BCUT2D eigenvalue weighted by molar-refractivity contribution is -0.230. The van der Waals surface area contributed by atoms with Crippen LogP contribution in [0.1, 0.15) is 51.4 Å². The molecule has 5 atom stereocenters. The maximum absolute atomic E-state index is 11.6. The molecule has 0 spiro atoms. The quantitative estimate of drug-likeness (QED) is 0.809. The average Bonchev–Trinajstić information content (AvgIpc) is 3.14. The molecule has 1 heterocycles. The Balaban J connectivity index is 1.53. The zero-order valence-corrected chi connectivity index (χ0v) is 13.9. The molecule has 6 fully saturated rings. The van der Waals surface area contributed by atoms with Gasteiger partial charge in [-0.3, -0.25) is 4.79 Å². The van der Waals surface area contributed by atoms with E-state index in [1.807, 2.05) is 5.01 Å². The third kappa shape index (κ3) is 2.08. The number of aliphatic hydroxyl groups is 1. The second-order valence-corrected chi connectivity index (χ2v) is 9.18. The van der Waals surface area contributed by atoms with E-state index in [4.69, 9.17) is 0 Å². The van der Waals surface area contributed by atoms with Gasteiger partial charge >= 0.3 is 5.97 Å². The minimum absolute atomic E-state index is 0.0447. The minimum Gasteiger partial charge on any atom is -0.480 e. The summed E-state index contributed by atoms with van der Waals surface area (Å²) in [4.78, 5) is 11.6. The van der Waals surface area contributed by atoms with Crippen LogP contribution in [0.3, 0.4) is 0 Å². The van der Waals surface area contributed by atoms with E-state index in [1.165, 1.54) is 6.42 Å². The van der Waals surface area contributed by atoms with Crippen LogP contribution in [0.15, 0.2) is 0 Å². The maximum atomic E-state index is 11.6. The zero-order valence-electron chi connectivity index (χ0n) is 13.9. The van der Waals surface area contributed by atoms with Crippen LogP contribution in [0.4, 0.5) is 0 Å². The van der Waals surface area contributed by atoms with E-state index in [0.717, 1.165) is 38.5 Å². The van der Waals surface area contributed by atoms with Gasteiger partial charge in [0.05, 0.1) is 11.7 Å². The Morgan fingerprint density at radius 1 is 1.21 bits per heavy atom. The van der Waals surface area contributed by atoms with E-state index < -0.39 is 11.6 Å². The molecular formula is C18H25N3O3. The molecule has 0 aromatic carbocycles. The van der Waals surface area contributed by atoms with Crippen LogP contribution >= 0.6 is 0 Å². The van der Waals surface area contributed by atoms with Crippen LogP contribution in [0.5, 0.6) is 0 Å². The van der Waals surface area contributed by atoms with Gasteiger partial charge in [0.25, 0.3) is 0 Å². The number of hydrogen-bond donors (Lipinski definition) is 2. The lowest BCUT2D eigenvalue weighted by Gasteiger charge is -2.64. The van der Waals surface area contributed by atoms with Crippen LogP contribution in [0.25, 0.3) is 0 Å². The van der Waals surface area contributed by atoms with Crippen molar-refractivity contribution in [1.29, 1.82) is 5.26 Å². The van der Waals surface area contributed by atoms with Crippen LogP contribution in [0, 0.1) is 29.1 Å². The molecule has 6 nitrogen and oxygen atoms in total. The van der Waals surface area contributed by atoms with Crippen molar-refractivity contribution in [3.63, 3.8) is 0 Å². The van der Waals surface area contributed by atoms with E-state index >= 15 is 0 Å². The van der Waals surface area contributed by atoms with Crippen molar-refractivity contribution in [2.75, 3.05) is 6.54 Å². The van der Waals surface area contributed by atoms with Gasteiger partial charge in [-0.25, -0.2) is 10.0 Å². The molecule has 130 valence electrons. The summed E-state index contributed by atoms with van der Waals surface area (Å²) >= 11 is 0. The number of aliphatic carboxylic acids is 1. The molecule has 1 saturated heterocycles. The standard InChI is InChI=1S/C18H25N3O3/c19-8-14-2-13-3-15(13)21(14)20(9-16(22)23)17-4-11-1-12(5-17)7-18(24,6-11)10-17/h11-15,24H,1-7,9-10H2,(H,22,23). The molecule has 1 aliphatic heterocycles. The third-order valence-electron chi connectivity index (χ3n) is 7.33. The molecule has 5 unspecified atom stereocenters. The van der Waals surface area contributed by atoms with Crippen molar-refractivity contribution in [3.05, 3.63) is 0 Å². The predicted octanol–water partition coefficient (Wildman–Crippen LogP) is 1.36. The highest BCUT2D eigenvalue weighted by molar-refractivity contribution is 5.69. The van der Waals surface area contributed by atoms with E-state index in [1.54, 1.807) is 0 Å². The summed E-state index contributed by atoms with van der Waals surface area (Å²) in [5.41, 5.74) is -0.880. The Labute approximate surface area is 142 Å². The molecule has 6 rings (SSSR count). The van der Waals surface area contributed by atoms with E-state index in [0.29, 0.717) is 30.2 Å². The Kier molecular flexibility index (Phi) is 2.97. The first kappa shape index (κ1) is 15.1. The summed E-state index contributed by atoms with van der Waals surface area (Å²) in [5, 5.41) is 34.3. The number of carboxylic acid groups (broad SMARTS) is 1. The Hall–Kier alpha value is -1.16. The van der Waals surface area contributed by atoms with Crippen LogP contribution < -0.4 is 0 Å². The Morgan fingerprint density at radius 3 is 2.50 bits per heavy atom. The SMILES string of the molecule is N#CC1CC2CC2N1N(CC(=O)O)C12CC3CC(CC(O)(C3)C1)C2. The molecule has 6 aliphatic rings. The van der Waals surface area contributed by atoms with Gasteiger partial charge in [0.1, 0.15) is 12.6 Å². The van der Waals surface area contributed by atoms with Gasteiger partial charge in [0.15, 0.2) is 0 Å². The molecule has 2 N–H and O–H groups in total. The lowest BCUT2D eigenvalue weighted by atomic mass is 9.51. The summed E-state index contributed by atoms with van der Waals surface area (Å²) in [7, 11) is 0. The number of carbonyl (C=O) groups is 1. The second kappa shape index (κ2) is 4.72. The number of fused-ring (bicyclic) bond motifs is 1. The molecular weight excluding hydrogens is 306 g/mol. The highest BCUT2D eigenvalue weighted by Gasteiger charge is 2.64. The molecule has 0 aromatic rings. The molecule has 6 heteroatoms. The van der Waals surface area contributed by atoms with Crippen LogP contribution in [0.2, 0.25) is 0 Å². The van der Waals surface area contributed by atoms with E-state index in [-0.39, 0.29) is 18.1 Å². The average molecular weight is 331 g/mol. The first-order valence-electron chi connectivity index (χ1n) is 9.31. The number of hydrazine groups is 1. The zero-order chi connectivity index (χ0) is 16.7. The van der Waals surface area contributed by atoms with Gasteiger partial charge in [0.2, 0.25) is 0 Å². The first-order valence-corrected chi connectivity index (χ1v) is 9.31. The van der Waals surface area contributed by atoms with Crippen molar-refractivity contribution >= 4 is 5.97 Å². The highest BCUT2D eigenvalue weighted by atomic mass is 16.4. The predicted molar refractivity (Wildman–Crippen MR) is 84.5 cm³/mol. The number of nitriles is 1. The van der Waals surface area contributed by atoms with Crippen LogP contribution in [-0.2, 0) is 4.79 Å². The Morgan fingerprint density at radius 2 is 1.92 bits per heavy atom. The minimum atomic E-state index is -0.835. The van der Waals surface area contributed by atoms with E-state index in [2.05, 4.69) is 11.1 Å². The number of carboxylic acids is 1. The van der Waals surface area contributed by atoms with Gasteiger partial charge in [0, 0.05) is 11.6 Å². The highest BCUT2D eigenvalue weighted by Crippen LogP contribution is 2.61. The normalized spacial score (nSPS) is 51.6. The summed E-state index contributed by atoms with van der Waals surface area (Å²) in [5.74, 6) is 0.734. The fraction of sp³-hybridized carbons (Fsp3) is 0.889. The Bertz CT molecular complexity index is 615. The number of nitrogens with zero attached hydrogens (tertiary/aromatic N) is 3. The largest absolute Gasteiger partial charge is 0.480 e.